The molecule has 0 unspecified atom stereocenters. The molecule has 9 heteroatoms. The topological polar surface area (TPSA) is 115 Å². The van der Waals surface area contributed by atoms with Crippen LogP contribution in [0.25, 0.3) is 22.7 Å². The molecule has 2 aliphatic carbocycles. The molecule has 2 aliphatic rings. The zero-order chi connectivity index (χ0) is 27.5. The van der Waals surface area contributed by atoms with Gasteiger partial charge in [0.15, 0.2) is 17.3 Å². The molecule has 0 aliphatic heterocycles. The minimum atomic E-state index is -1.16. The molecule has 210 valence electrons. The van der Waals surface area contributed by atoms with Crippen molar-refractivity contribution < 1.29 is 14.6 Å². The van der Waals surface area contributed by atoms with Crippen molar-refractivity contribution in [2.45, 2.75) is 91.5 Å². The van der Waals surface area contributed by atoms with Crippen molar-refractivity contribution in [3.63, 3.8) is 0 Å². The number of imidazole rings is 1. The number of pyridine rings is 1. The van der Waals surface area contributed by atoms with E-state index in [1.54, 1.807) is 0 Å². The molecule has 3 heterocycles. The van der Waals surface area contributed by atoms with Gasteiger partial charge in [0.2, 0.25) is 11.7 Å². The fraction of sp³-hybridized carbons (Fsp3) is 0.633. The van der Waals surface area contributed by atoms with Gasteiger partial charge in [0.1, 0.15) is 11.2 Å². The number of carboxylic acids is 1. The van der Waals surface area contributed by atoms with Crippen molar-refractivity contribution in [1.29, 1.82) is 0 Å². The predicted octanol–water partition coefficient (Wildman–Crippen LogP) is 6.54. The van der Waals surface area contributed by atoms with Crippen LogP contribution in [0.3, 0.4) is 0 Å². The molecule has 3 aromatic heterocycles. The summed E-state index contributed by atoms with van der Waals surface area (Å²) in [6, 6.07) is 4.06. The minimum absolute atomic E-state index is 0.241. The van der Waals surface area contributed by atoms with Gasteiger partial charge in [-0.1, -0.05) is 52.9 Å². The minimum Gasteiger partial charge on any atom is -0.478 e. The van der Waals surface area contributed by atoms with Gasteiger partial charge in [-0.3, -0.25) is 0 Å². The summed E-state index contributed by atoms with van der Waals surface area (Å²) in [4.78, 5) is 30.6. The molecular formula is C30H42N6O3. The first-order valence-corrected chi connectivity index (χ1v) is 14.7. The largest absolute Gasteiger partial charge is 0.478 e. The first kappa shape index (κ1) is 27.3. The summed E-state index contributed by atoms with van der Waals surface area (Å²) in [5, 5.41) is 13.3. The third kappa shape index (κ3) is 6.17. The number of carboxylic acid groups (broad SMARTS) is 1. The Labute approximate surface area is 230 Å². The van der Waals surface area contributed by atoms with Crippen LogP contribution in [0.2, 0.25) is 0 Å². The third-order valence-corrected chi connectivity index (χ3v) is 8.45. The molecule has 0 bridgehead atoms. The molecule has 2 saturated carbocycles. The van der Waals surface area contributed by atoms with Gasteiger partial charge in [-0.15, -0.1) is 0 Å². The van der Waals surface area contributed by atoms with Gasteiger partial charge in [-0.25, -0.2) is 24.7 Å². The van der Waals surface area contributed by atoms with Crippen LogP contribution in [0.1, 0.15) is 101 Å². The Morgan fingerprint density at radius 3 is 2.49 bits per heavy atom. The van der Waals surface area contributed by atoms with Gasteiger partial charge in [0, 0.05) is 19.2 Å². The van der Waals surface area contributed by atoms with Crippen molar-refractivity contribution in [3.05, 3.63) is 23.5 Å². The summed E-state index contributed by atoms with van der Waals surface area (Å²) in [5.74, 6) is 2.67. The molecule has 0 atom stereocenters. The van der Waals surface area contributed by atoms with Gasteiger partial charge in [-0.05, 0) is 61.5 Å². The standard InChI is InChI=1S/C30H42N6O3/c1-5-39-24-16-22(18(2)3)15-23(32-24)29-35-27-25(36(29)17-21-11-9-19(4)10-12-21)26(33-28(34-27)30(37)38)31-14-13-20-7-6-8-20/h15-16,18-21H,5-14,17H2,1-4H3,(H,37,38)(H,31,33,34). The number of nitrogens with zero attached hydrogens (tertiary/aromatic N) is 5. The average Bonchev–Trinajstić information content (AvgIpc) is 3.25. The van der Waals surface area contributed by atoms with Crippen LogP contribution >= 0.6 is 0 Å². The smallest absolute Gasteiger partial charge is 0.374 e. The lowest BCUT2D eigenvalue weighted by Crippen LogP contribution is -2.20. The molecule has 39 heavy (non-hydrogen) atoms. The second kappa shape index (κ2) is 11.9. The molecule has 3 aromatic rings. The third-order valence-electron chi connectivity index (χ3n) is 8.45. The Balaban J connectivity index is 1.63. The van der Waals surface area contributed by atoms with Crippen LogP contribution in [0.4, 0.5) is 5.82 Å². The van der Waals surface area contributed by atoms with Gasteiger partial charge in [0.05, 0.1) is 6.61 Å². The fourth-order valence-electron chi connectivity index (χ4n) is 5.77. The second-order valence-corrected chi connectivity index (χ2v) is 11.8. The Morgan fingerprint density at radius 1 is 1.08 bits per heavy atom. The predicted molar refractivity (Wildman–Crippen MR) is 152 cm³/mol. The molecule has 9 nitrogen and oxygen atoms in total. The Morgan fingerprint density at radius 2 is 1.85 bits per heavy atom. The van der Waals surface area contributed by atoms with E-state index in [1.165, 1.54) is 32.1 Å². The van der Waals surface area contributed by atoms with E-state index in [1.807, 2.05) is 13.0 Å². The maximum Gasteiger partial charge on any atom is 0.374 e. The first-order chi connectivity index (χ1) is 18.8. The zero-order valence-corrected chi connectivity index (χ0v) is 23.7. The number of anilines is 1. The molecule has 2 fully saturated rings. The summed E-state index contributed by atoms with van der Waals surface area (Å²) >= 11 is 0. The zero-order valence-electron chi connectivity index (χ0n) is 23.7. The quantitative estimate of drug-likeness (QED) is 0.285. The van der Waals surface area contributed by atoms with E-state index < -0.39 is 5.97 Å². The number of aromatic carboxylic acids is 1. The summed E-state index contributed by atoms with van der Waals surface area (Å²) in [5.41, 5.74) is 2.98. The van der Waals surface area contributed by atoms with Crippen LogP contribution in [0.15, 0.2) is 12.1 Å². The number of fused-ring (bicyclic) bond motifs is 1. The summed E-state index contributed by atoms with van der Waals surface area (Å²) in [6.07, 6.45) is 9.62. The molecule has 2 N–H and O–H groups in total. The normalized spacial score (nSPS) is 19.8. The highest BCUT2D eigenvalue weighted by Crippen LogP contribution is 2.35. The summed E-state index contributed by atoms with van der Waals surface area (Å²) in [6.45, 7) is 10.6. The molecule has 5 rings (SSSR count). The maximum atomic E-state index is 12.0. The van der Waals surface area contributed by atoms with E-state index in [2.05, 4.69) is 46.7 Å². The van der Waals surface area contributed by atoms with Gasteiger partial charge < -0.3 is 19.7 Å². The van der Waals surface area contributed by atoms with Gasteiger partial charge >= 0.3 is 5.97 Å². The first-order valence-electron chi connectivity index (χ1n) is 14.7. The van der Waals surface area contributed by atoms with Crippen molar-refractivity contribution in [3.8, 4) is 17.4 Å². The average molecular weight is 535 g/mol. The van der Waals surface area contributed by atoms with Crippen LogP contribution < -0.4 is 10.1 Å². The lowest BCUT2D eigenvalue weighted by Gasteiger charge is -2.27. The van der Waals surface area contributed by atoms with Crippen LogP contribution in [0, 0.1) is 17.8 Å². The summed E-state index contributed by atoms with van der Waals surface area (Å²) in [7, 11) is 0. The second-order valence-electron chi connectivity index (χ2n) is 11.8. The SMILES string of the molecule is CCOc1cc(C(C)C)cc(-c2nc3nc(C(=O)O)nc(NCCC4CCC4)c3n2CC2CCC(C)CC2)n1. The van der Waals surface area contributed by atoms with E-state index in [-0.39, 0.29) is 11.7 Å². The number of hydrogen-bond donors (Lipinski definition) is 2. The number of rotatable bonds is 11. The van der Waals surface area contributed by atoms with Crippen LogP contribution in [0.5, 0.6) is 5.88 Å². The molecule has 0 aromatic carbocycles. The molecule has 0 radical (unpaired) electrons. The highest BCUT2D eigenvalue weighted by atomic mass is 16.5. The van der Waals surface area contributed by atoms with Crippen LogP contribution in [-0.4, -0.2) is 48.7 Å². The van der Waals surface area contributed by atoms with Crippen LogP contribution in [-0.2, 0) is 6.54 Å². The van der Waals surface area contributed by atoms with Gasteiger partial charge in [0.25, 0.3) is 0 Å². The van der Waals surface area contributed by atoms with Gasteiger partial charge in [-0.2, -0.15) is 0 Å². The molecule has 0 spiro atoms. The van der Waals surface area contributed by atoms with Crippen molar-refractivity contribution in [1.82, 2.24) is 24.5 Å². The lowest BCUT2D eigenvalue weighted by atomic mass is 9.83. The number of hydrogen-bond acceptors (Lipinski definition) is 7. The van der Waals surface area contributed by atoms with Crippen molar-refractivity contribution >= 4 is 23.0 Å². The molecule has 0 amide bonds. The van der Waals surface area contributed by atoms with Crippen molar-refractivity contribution in [2.24, 2.45) is 17.8 Å². The Bertz CT molecular complexity index is 1310. The van der Waals surface area contributed by atoms with E-state index in [0.717, 1.165) is 55.3 Å². The fourth-order valence-corrected chi connectivity index (χ4v) is 5.77. The molecule has 0 saturated heterocycles. The highest BCUT2D eigenvalue weighted by Gasteiger charge is 2.27. The van der Waals surface area contributed by atoms with E-state index >= 15 is 0 Å². The lowest BCUT2D eigenvalue weighted by molar-refractivity contribution is 0.0684. The number of ether oxygens (including phenoxy) is 1. The van der Waals surface area contributed by atoms with Crippen molar-refractivity contribution in [2.75, 3.05) is 18.5 Å². The van der Waals surface area contributed by atoms with E-state index in [4.69, 9.17) is 14.7 Å². The summed E-state index contributed by atoms with van der Waals surface area (Å²) < 4.78 is 8.02. The highest BCUT2D eigenvalue weighted by molar-refractivity contribution is 5.92. The maximum absolute atomic E-state index is 12.0. The van der Waals surface area contributed by atoms with E-state index in [9.17, 15) is 9.90 Å². The monoisotopic (exact) mass is 534 g/mol. The number of nitrogens with one attached hydrogen (secondary N) is 1. The molecular weight excluding hydrogens is 492 g/mol. The number of aromatic nitrogens is 5. The Hall–Kier alpha value is -3.23. The number of carbonyl (C=O) groups is 1. The Kier molecular flexibility index (Phi) is 8.33. The van der Waals surface area contributed by atoms with E-state index in [0.29, 0.717) is 41.4 Å².